The summed E-state index contributed by atoms with van der Waals surface area (Å²) in [5.74, 6) is 0.431. The molecule has 0 unspecified atom stereocenters. The van der Waals surface area contributed by atoms with E-state index in [2.05, 4.69) is 33.9 Å². The van der Waals surface area contributed by atoms with Crippen LogP contribution in [-0.4, -0.2) is 61.0 Å². The predicted molar refractivity (Wildman–Crippen MR) is 150 cm³/mol. The number of aromatic nitrogens is 2. The van der Waals surface area contributed by atoms with Gasteiger partial charge in [-0.25, -0.2) is 18.1 Å². The van der Waals surface area contributed by atoms with Gasteiger partial charge >= 0.3 is 0 Å². The van der Waals surface area contributed by atoms with Crippen LogP contribution in [0.1, 0.15) is 48.2 Å². The first kappa shape index (κ1) is 27.1. The summed E-state index contributed by atoms with van der Waals surface area (Å²) in [4.78, 5) is 24.7. The number of benzene rings is 2. The molecule has 2 aliphatic rings. The Morgan fingerprint density at radius 3 is 2.54 bits per heavy atom. The number of ether oxygens (including phenoxy) is 1. The van der Waals surface area contributed by atoms with Crippen molar-refractivity contribution in [2.45, 2.75) is 57.6 Å². The normalized spacial score (nSPS) is 20.6. The molecule has 2 N–H and O–H groups in total. The number of aryl methyl sites for hydroxylation is 2. The molecule has 1 saturated heterocycles. The maximum Gasteiger partial charge on any atom is 0.264 e. The van der Waals surface area contributed by atoms with Gasteiger partial charge in [-0.05, 0) is 61.9 Å². The summed E-state index contributed by atoms with van der Waals surface area (Å²) in [7, 11) is -4.08. The Balaban J connectivity index is 1.64. The van der Waals surface area contributed by atoms with Crippen LogP contribution in [-0.2, 0) is 10.0 Å². The Hall–Kier alpha value is -3.50. The van der Waals surface area contributed by atoms with Crippen molar-refractivity contribution in [1.82, 2.24) is 20.2 Å². The second-order valence-electron chi connectivity index (χ2n) is 10.8. The summed E-state index contributed by atoms with van der Waals surface area (Å²) in [6.45, 7) is 9.79. The fraction of sp³-hybridized carbons (Fsp3) is 0.414. The molecule has 1 fully saturated rings. The average Bonchev–Trinajstić information content (AvgIpc) is 3.08. The van der Waals surface area contributed by atoms with Crippen LogP contribution in [0.5, 0.6) is 5.88 Å². The lowest BCUT2D eigenvalue weighted by atomic mass is 10.00. The largest absolute Gasteiger partial charge is 0.471 e. The predicted octanol–water partition coefficient (Wildman–Crippen LogP) is 4.17. The molecule has 6 bridgehead atoms. The number of anilines is 1. The SMILES string of the molecule is Cc1cccc(C)c1-c1cc2nc(n1)NS(=O)(=O)c1cccc(c1)C(=O)N1C[C@@H](CNC[C@@H]1CCC(C)C)O2. The zero-order valence-electron chi connectivity index (χ0n) is 22.8. The summed E-state index contributed by atoms with van der Waals surface area (Å²) in [6, 6.07) is 13.8. The number of carbonyl (C=O) groups is 1. The van der Waals surface area contributed by atoms with E-state index in [4.69, 9.17) is 4.74 Å². The molecule has 3 aromatic rings. The van der Waals surface area contributed by atoms with Crippen LogP contribution in [0.2, 0.25) is 0 Å². The minimum absolute atomic E-state index is 0.0284. The van der Waals surface area contributed by atoms with E-state index in [9.17, 15) is 13.2 Å². The number of hydrogen-bond acceptors (Lipinski definition) is 7. The maximum absolute atomic E-state index is 13.8. The van der Waals surface area contributed by atoms with Crippen molar-refractivity contribution in [2.24, 2.45) is 5.92 Å². The van der Waals surface area contributed by atoms with Crippen molar-refractivity contribution in [2.75, 3.05) is 24.4 Å². The Kier molecular flexibility index (Phi) is 7.59. The van der Waals surface area contributed by atoms with Gasteiger partial charge in [0.25, 0.3) is 15.9 Å². The number of fused-ring (bicyclic) bond motifs is 6. The van der Waals surface area contributed by atoms with Gasteiger partial charge in [0.05, 0.1) is 17.1 Å². The molecule has 10 heteroatoms. The molecular formula is C29H35N5O4S. The highest BCUT2D eigenvalue weighted by molar-refractivity contribution is 7.92. The standard InChI is InChI=1S/C29H35N5O4S/c1-18(2)11-12-22-15-30-16-23-17-34(22)28(35)21-9-6-10-24(13-21)39(36,37)33-29-31-25(14-26(32-29)38-23)27-19(3)7-5-8-20(27)4/h5-10,13-14,18,22-23,30H,11-12,15-17H2,1-4H3,(H,31,32,33)/t22-,23+/m0/s1. The number of sulfonamides is 1. The smallest absolute Gasteiger partial charge is 0.264 e. The lowest BCUT2D eigenvalue weighted by Gasteiger charge is -2.32. The molecule has 206 valence electrons. The quantitative estimate of drug-likeness (QED) is 0.502. The molecular weight excluding hydrogens is 514 g/mol. The first-order valence-corrected chi connectivity index (χ1v) is 14.9. The minimum atomic E-state index is -4.08. The molecule has 1 aromatic heterocycles. The summed E-state index contributed by atoms with van der Waals surface area (Å²) in [5, 5.41) is 3.47. The van der Waals surface area contributed by atoms with E-state index >= 15 is 0 Å². The molecule has 1 amide bonds. The van der Waals surface area contributed by atoms with Crippen molar-refractivity contribution in [3.63, 3.8) is 0 Å². The average molecular weight is 550 g/mol. The van der Waals surface area contributed by atoms with Gasteiger partial charge in [0, 0.05) is 36.3 Å². The number of amides is 1. The minimum Gasteiger partial charge on any atom is -0.471 e. The van der Waals surface area contributed by atoms with Crippen molar-refractivity contribution in [1.29, 1.82) is 0 Å². The summed E-state index contributed by atoms with van der Waals surface area (Å²) in [5.41, 5.74) is 3.76. The molecule has 39 heavy (non-hydrogen) atoms. The first-order chi connectivity index (χ1) is 18.6. The molecule has 5 rings (SSSR count). The molecule has 0 aliphatic carbocycles. The molecule has 2 atom stereocenters. The van der Waals surface area contributed by atoms with Gasteiger partial charge in [0.2, 0.25) is 11.8 Å². The van der Waals surface area contributed by atoms with Crippen LogP contribution in [0, 0.1) is 19.8 Å². The van der Waals surface area contributed by atoms with Crippen molar-refractivity contribution in [3.8, 4) is 17.1 Å². The molecule has 2 aromatic carbocycles. The first-order valence-electron chi connectivity index (χ1n) is 13.4. The van der Waals surface area contributed by atoms with Gasteiger partial charge in [-0.2, -0.15) is 4.98 Å². The van der Waals surface area contributed by atoms with Gasteiger partial charge in [-0.3, -0.25) is 4.79 Å². The van der Waals surface area contributed by atoms with E-state index in [0.717, 1.165) is 29.5 Å². The molecule has 0 spiro atoms. The van der Waals surface area contributed by atoms with E-state index in [-0.39, 0.29) is 28.7 Å². The van der Waals surface area contributed by atoms with Gasteiger partial charge in [-0.15, -0.1) is 0 Å². The number of nitrogens with zero attached hydrogens (tertiary/aromatic N) is 3. The lowest BCUT2D eigenvalue weighted by Crippen LogP contribution is -2.46. The number of hydrogen-bond donors (Lipinski definition) is 2. The van der Waals surface area contributed by atoms with Crippen LogP contribution >= 0.6 is 0 Å². The monoisotopic (exact) mass is 549 g/mol. The number of carbonyl (C=O) groups excluding carboxylic acids is 1. The third kappa shape index (κ3) is 5.91. The van der Waals surface area contributed by atoms with E-state index < -0.39 is 16.1 Å². The lowest BCUT2D eigenvalue weighted by molar-refractivity contribution is 0.0592. The highest BCUT2D eigenvalue weighted by Crippen LogP contribution is 2.30. The molecule has 3 heterocycles. The van der Waals surface area contributed by atoms with Crippen LogP contribution in [0.25, 0.3) is 11.3 Å². The van der Waals surface area contributed by atoms with E-state index in [0.29, 0.717) is 36.8 Å². The topological polar surface area (TPSA) is 114 Å². The van der Waals surface area contributed by atoms with Gasteiger partial charge in [0.1, 0.15) is 6.10 Å². The van der Waals surface area contributed by atoms with Crippen molar-refractivity contribution >= 4 is 21.9 Å². The van der Waals surface area contributed by atoms with Crippen molar-refractivity contribution < 1.29 is 17.9 Å². The number of nitrogens with one attached hydrogen (secondary N) is 2. The van der Waals surface area contributed by atoms with Crippen LogP contribution in [0.4, 0.5) is 5.95 Å². The Morgan fingerprint density at radius 1 is 1.05 bits per heavy atom. The summed E-state index contributed by atoms with van der Waals surface area (Å²) >= 11 is 0. The Morgan fingerprint density at radius 2 is 1.79 bits per heavy atom. The van der Waals surface area contributed by atoms with E-state index in [1.807, 2.05) is 36.9 Å². The highest BCUT2D eigenvalue weighted by Gasteiger charge is 2.32. The molecule has 0 saturated carbocycles. The third-order valence-electron chi connectivity index (χ3n) is 7.28. The van der Waals surface area contributed by atoms with E-state index in [1.54, 1.807) is 18.2 Å². The Labute approximate surface area is 230 Å². The van der Waals surface area contributed by atoms with Crippen molar-refractivity contribution in [3.05, 3.63) is 65.2 Å². The van der Waals surface area contributed by atoms with Crippen LogP contribution in [0.15, 0.2) is 53.4 Å². The fourth-order valence-corrected chi connectivity index (χ4v) is 6.24. The zero-order chi connectivity index (χ0) is 27.7. The van der Waals surface area contributed by atoms with Crippen LogP contribution in [0.3, 0.4) is 0 Å². The third-order valence-corrected chi connectivity index (χ3v) is 8.60. The van der Waals surface area contributed by atoms with Gasteiger partial charge in [0.15, 0.2) is 0 Å². The summed E-state index contributed by atoms with van der Waals surface area (Å²) in [6.07, 6.45) is 1.40. The second-order valence-corrected chi connectivity index (χ2v) is 12.5. The molecule has 2 aliphatic heterocycles. The summed E-state index contributed by atoms with van der Waals surface area (Å²) < 4.78 is 35.7. The second kappa shape index (κ2) is 10.9. The van der Waals surface area contributed by atoms with Gasteiger partial charge in [-0.1, -0.05) is 38.1 Å². The Bertz CT molecular complexity index is 1470. The van der Waals surface area contributed by atoms with E-state index in [1.165, 1.54) is 12.1 Å². The molecule has 0 radical (unpaired) electrons. The molecule has 9 nitrogen and oxygen atoms in total. The highest BCUT2D eigenvalue weighted by atomic mass is 32.2. The number of rotatable bonds is 4. The van der Waals surface area contributed by atoms with Gasteiger partial charge < -0.3 is 15.0 Å². The maximum atomic E-state index is 13.8. The van der Waals surface area contributed by atoms with Crippen LogP contribution < -0.4 is 14.8 Å². The zero-order valence-corrected chi connectivity index (χ0v) is 23.6. The fourth-order valence-electron chi connectivity index (χ4n) is 5.25.